The van der Waals surface area contributed by atoms with Crippen molar-refractivity contribution in [2.75, 3.05) is 11.4 Å². The van der Waals surface area contributed by atoms with Gasteiger partial charge in [-0.15, -0.1) is 0 Å². The summed E-state index contributed by atoms with van der Waals surface area (Å²) in [5.41, 5.74) is 3.30. The maximum absolute atomic E-state index is 3.94. The molecule has 1 fully saturated rings. The molecule has 1 spiro atoms. The lowest BCUT2D eigenvalue weighted by atomic mass is 9.81. The Labute approximate surface area is 129 Å². The van der Waals surface area contributed by atoms with Gasteiger partial charge in [0, 0.05) is 30.4 Å². The number of para-hydroxylation sites is 1. The van der Waals surface area contributed by atoms with E-state index >= 15 is 0 Å². The van der Waals surface area contributed by atoms with E-state index in [9.17, 15) is 0 Å². The zero-order valence-corrected chi connectivity index (χ0v) is 13.7. The molecule has 116 valence electrons. The van der Waals surface area contributed by atoms with Gasteiger partial charge in [-0.1, -0.05) is 51.3 Å². The third kappa shape index (κ3) is 2.96. The Morgan fingerprint density at radius 1 is 1.10 bits per heavy atom. The lowest BCUT2D eigenvalue weighted by Gasteiger charge is -2.43. The molecule has 0 unspecified atom stereocenters. The Kier molecular flexibility index (Phi) is 4.54. The second-order valence-corrected chi connectivity index (χ2v) is 6.92. The summed E-state index contributed by atoms with van der Waals surface area (Å²) in [6, 6.07) is 9.69. The topological polar surface area (TPSA) is 15.3 Å². The van der Waals surface area contributed by atoms with E-state index in [0.29, 0.717) is 11.6 Å². The van der Waals surface area contributed by atoms with Crippen LogP contribution in [0.4, 0.5) is 5.69 Å². The van der Waals surface area contributed by atoms with E-state index in [1.54, 1.807) is 0 Å². The predicted molar refractivity (Wildman–Crippen MR) is 90.8 cm³/mol. The Hall–Kier alpha value is -1.02. The van der Waals surface area contributed by atoms with E-state index in [0.717, 1.165) is 6.54 Å². The molecule has 0 bridgehead atoms. The van der Waals surface area contributed by atoms with Crippen LogP contribution in [0.3, 0.4) is 0 Å². The molecule has 1 aliphatic heterocycles. The van der Waals surface area contributed by atoms with Gasteiger partial charge in [0.2, 0.25) is 0 Å². The molecule has 2 heteroatoms. The second-order valence-electron chi connectivity index (χ2n) is 6.92. The predicted octanol–water partition coefficient (Wildman–Crippen LogP) is 4.49. The standard InChI is InChI=1S/C19H30N2/c1-3-17(4-2)21-15-19(12-8-5-9-13-19)20-14-16-10-6-7-11-18(16)21/h6-7,10-11,17,20H,3-5,8-9,12-15H2,1-2H3. The van der Waals surface area contributed by atoms with Crippen LogP contribution in [0.2, 0.25) is 0 Å². The molecule has 0 aromatic heterocycles. The summed E-state index contributed by atoms with van der Waals surface area (Å²) in [5, 5.41) is 3.94. The third-order valence-corrected chi connectivity index (χ3v) is 5.62. The van der Waals surface area contributed by atoms with Crippen molar-refractivity contribution in [1.29, 1.82) is 0 Å². The van der Waals surface area contributed by atoms with Gasteiger partial charge in [-0.25, -0.2) is 0 Å². The highest BCUT2D eigenvalue weighted by Crippen LogP contribution is 2.36. The number of fused-ring (bicyclic) bond motifs is 1. The molecule has 21 heavy (non-hydrogen) atoms. The third-order valence-electron chi connectivity index (χ3n) is 5.62. The zero-order valence-electron chi connectivity index (χ0n) is 13.7. The lowest BCUT2D eigenvalue weighted by Crippen LogP contribution is -2.54. The SMILES string of the molecule is CCC(CC)N1CC2(CCCCC2)NCc2ccccc21. The highest BCUT2D eigenvalue weighted by molar-refractivity contribution is 5.56. The number of hydrogen-bond acceptors (Lipinski definition) is 2. The molecule has 0 radical (unpaired) electrons. The number of hydrogen-bond donors (Lipinski definition) is 1. The summed E-state index contributed by atoms with van der Waals surface area (Å²) in [6.45, 7) is 6.90. The Balaban J connectivity index is 1.95. The van der Waals surface area contributed by atoms with E-state index in [1.807, 2.05) is 0 Å². The van der Waals surface area contributed by atoms with Crippen LogP contribution in [0.25, 0.3) is 0 Å². The average molecular weight is 286 g/mol. The highest BCUT2D eigenvalue weighted by atomic mass is 15.2. The molecule has 2 nitrogen and oxygen atoms in total. The number of rotatable bonds is 3. The minimum atomic E-state index is 0.347. The van der Waals surface area contributed by atoms with Crippen molar-refractivity contribution in [3.63, 3.8) is 0 Å². The van der Waals surface area contributed by atoms with Crippen LogP contribution in [0.1, 0.15) is 64.4 Å². The summed E-state index contributed by atoms with van der Waals surface area (Å²) < 4.78 is 0. The van der Waals surface area contributed by atoms with Gasteiger partial charge < -0.3 is 10.2 Å². The van der Waals surface area contributed by atoms with Crippen molar-refractivity contribution in [3.8, 4) is 0 Å². The molecule has 1 saturated carbocycles. The molecule has 1 aliphatic carbocycles. The fourth-order valence-corrected chi connectivity index (χ4v) is 4.31. The lowest BCUT2D eigenvalue weighted by molar-refractivity contribution is 0.231. The Bertz CT molecular complexity index is 458. The fraction of sp³-hybridized carbons (Fsp3) is 0.684. The number of nitrogens with zero attached hydrogens (tertiary/aromatic N) is 1. The Morgan fingerprint density at radius 3 is 2.52 bits per heavy atom. The van der Waals surface area contributed by atoms with Crippen molar-refractivity contribution in [2.24, 2.45) is 0 Å². The first kappa shape index (κ1) is 14.9. The molecular weight excluding hydrogens is 256 g/mol. The molecule has 0 amide bonds. The summed E-state index contributed by atoms with van der Waals surface area (Å²) >= 11 is 0. The van der Waals surface area contributed by atoms with E-state index in [4.69, 9.17) is 0 Å². The normalized spacial score (nSPS) is 21.4. The van der Waals surface area contributed by atoms with Crippen molar-refractivity contribution >= 4 is 5.69 Å². The summed E-state index contributed by atoms with van der Waals surface area (Å²) in [4.78, 5) is 2.72. The Morgan fingerprint density at radius 2 is 1.81 bits per heavy atom. The van der Waals surface area contributed by atoms with Gasteiger partial charge >= 0.3 is 0 Å². The summed E-state index contributed by atoms with van der Waals surface area (Å²) in [6.07, 6.45) is 9.36. The first-order chi connectivity index (χ1) is 10.3. The summed E-state index contributed by atoms with van der Waals surface area (Å²) in [7, 11) is 0. The van der Waals surface area contributed by atoms with Crippen LogP contribution in [-0.2, 0) is 6.54 Å². The van der Waals surface area contributed by atoms with Crippen LogP contribution in [0.15, 0.2) is 24.3 Å². The molecule has 1 aromatic rings. The molecule has 1 aromatic carbocycles. The maximum atomic E-state index is 3.94. The van der Waals surface area contributed by atoms with Crippen molar-refractivity contribution < 1.29 is 0 Å². The zero-order chi connectivity index (χ0) is 14.7. The molecule has 0 saturated heterocycles. The van der Waals surface area contributed by atoms with Gasteiger partial charge in [0.1, 0.15) is 0 Å². The molecular formula is C19H30N2. The van der Waals surface area contributed by atoms with Crippen LogP contribution in [-0.4, -0.2) is 18.1 Å². The first-order valence-corrected chi connectivity index (χ1v) is 8.87. The van der Waals surface area contributed by atoms with Gasteiger partial charge in [0.15, 0.2) is 0 Å². The fourth-order valence-electron chi connectivity index (χ4n) is 4.31. The van der Waals surface area contributed by atoms with E-state index < -0.39 is 0 Å². The van der Waals surface area contributed by atoms with Gasteiger partial charge in [0.05, 0.1) is 0 Å². The van der Waals surface area contributed by atoms with E-state index in [2.05, 4.69) is 48.3 Å². The van der Waals surface area contributed by atoms with Crippen LogP contribution >= 0.6 is 0 Å². The van der Waals surface area contributed by atoms with Crippen LogP contribution in [0.5, 0.6) is 0 Å². The van der Waals surface area contributed by atoms with Gasteiger partial charge in [-0.3, -0.25) is 0 Å². The summed E-state index contributed by atoms with van der Waals surface area (Å²) in [5.74, 6) is 0. The minimum Gasteiger partial charge on any atom is -0.366 e. The molecule has 3 rings (SSSR count). The van der Waals surface area contributed by atoms with Crippen molar-refractivity contribution in [1.82, 2.24) is 5.32 Å². The monoisotopic (exact) mass is 286 g/mol. The smallest absolute Gasteiger partial charge is 0.0414 e. The largest absolute Gasteiger partial charge is 0.366 e. The molecule has 1 heterocycles. The van der Waals surface area contributed by atoms with Gasteiger partial charge in [0.25, 0.3) is 0 Å². The van der Waals surface area contributed by atoms with E-state index in [-0.39, 0.29) is 0 Å². The van der Waals surface area contributed by atoms with Crippen LogP contribution in [0, 0.1) is 0 Å². The van der Waals surface area contributed by atoms with E-state index in [1.165, 1.54) is 62.7 Å². The molecule has 0 atom stereocenters. The van der Waals surface area contributed by atoms with Crippen LogP contribution < -0.4 is 10.2 Å². The minimum absolute atomic E-state index is 0.347. The average Bonchev–Trinajstić information content (AvgIpc) is 2.68. The first-order valence-electron chi connectivity index (χ1n) is 8.87. The van der Waals surface area contributed by atoms with Gasteiger partial charge in [-0.05, 0) is 37.3 Å². The number of benzene rings is 1. The highest BCUT2D eigenvalue weighted by Gasteiger charge is 2.37. The molecule has 1 N–H and O–H groups in total. The van der Waals surface area contributed by atoms with Crippen molar-refractivity contribution in [3.05, 3.63) is 29.8 Å². The number of nitrogens with one attached hydrogen (secondary N) is 1. The van der Waals surface area contributed by atoms with Crippen molar-refractivity contribution in [2.45, 2.75) is 76.9 Å². The number of anilines is 1. The molecule has 2 aliphatic rings. The maximum Gasteiger partial charge on any atom is 0.0414 e. The quantitative estimate of drug-likeness (QED) is 0.881. The van der Waals surface area contributed by atoms with Gasteiger partial charge in [-0.2, -0.15) is 0 Å². The second kappa shape index (κ2) is 6.39.